The summed E-state index contributed by atoms with van der Waals surface area (Å²) in [7, 11) is 0. The maximum absolute atomic E-state index is 9.83. The number of hydrogen-bond donors (Lipinski definition) is 2. The summed E-state index contributed by atoms with van der Waals surface area (Å²) in [5.41, 5.74) is 1.49. The molecular weight excluding hydrogens is 268 g/mol. The highest BCUT2D eigenvalue weighted by atomic mass is 35.5. The smallest absolute Gasteiger partial charge is 0.183 e. The Morgan fingerprint density at radius 1 is 1.00 bits per heavy atom. The van der Waals surface area contributed by atoms with E-state index in [0.29, 0.717) is 18.8 Å². The molecule has 1 aromatic carbocycles. The summed E-state index contributed by atoms with van der Waals surface area (Å²) in [4.78, 5) is 0. The first kappa shape index (κ1) is 16.4. The molecule has 1 rings (SSSR count). The van der Waals surface area contributed by atoms with Gasteiger partial charge >= 0.3 is 0 Å². The van der Waals surface area contributed by atoms with Crippen LogP contribution in [0.4, 0.5) is 0 Å². The maximum Gasteiger partial charge on any atom is 0.183 e. The molecule has 0 amide bonds. The first-order valence-corrected chi connectivity index (χ1v) is 6.92. The summed E-state index contributed by atoms with van der Waals surface area (Å²) < 4.78 is 11.0. The van der Waals surface area contributed by atoms with Crippen LogP contribution in [0.5, 0.6) is 0 Å². The number of hydrogen-bond acceptors (Lipinski definition) is 4. The van der Waals surface area contributed by atoms with Crippen molar-refractivity contribution in [1.82, 2.24) is 0 Å². The summed E-state index contributed by atoms with van der Waals surface area (Å²) >= 11 is 5.51. The zero-order valence-corrected chi connectivity index (χ0v) is 12.0. The SMILES string of the molecule is CCOC(OCC)c1ccc(C(O)C(O)CCl)cc1. The molecule has 0 aliphatic heterocycles. The average Bonchev–Trinajstić information content (AvgIpc) is 2.45. The van der Waals surface area contributed by atoms with Crippen LogP contribution >= 0.6 is 11.6 Å². The topological polar surface area (TPSA) is 58.9 Å². The highest BCUT2D eigenvalue weighted by Gasteiger charge is 2.18. The van der Waals surface area contributed by atoms with Crippen LogP contribution in [-0.2, 0) is 9.47 Å². The molecule has 2 unspecified atom stereocenters. The minimum absolute atomic E-state index is 0.0105. The summed E-state index contributed by atoms with van der Waals surface area (Å²) in [5.74, 6) is -0.0105. The molecule has 0 saturated carbocycles. The second-order valence-electron chi connectivity index (χ2n) is 4.08. The van der Waals surface area contributed by atoms with Crippen molar-refractivity contribution in [3.05, 3.63) is 35.4 Å². The number of rotatable bonds is 8. The van der Waals surface area contributed by atoms with E-state index in [9.17, 15) is 10.2 Å². The fourth-order valence-electron chi connectivity index (χ4n) is 1.70. The Kier molecular flexibility index (Phi) is 7.34. The Balaban J connectivity index is 2.79. The summed E-state index contributed by atoms with van der Waals surface area (Å²) in [6, 6.07) is 7.10. The number of ether oxygens (including phenoxy) is 2. The number of halogens is 1. The maximum atomic E-state index is 9.83. The van der Waals surface area contributed by atoms with Crippen molar-refractivity contribution in [2.75, 3.05) is 19.1 Å². The van der Waals surface area contributed by atoms with Gasteiger partial charge in [0.25, 0.3) is 0 Å². The third-order valence-corrected chi connectivity index (χ3v) is 3.02. The molecule has 2 atom stereocenters. The molecule has 2 N–H and O–H groups in total. The van der Waals surface area contributed by atoms with E-state index in [2.05, 4.69) is 0 Å². The van der Waals surface area contributed by atoms with Crippen molar-refractivity contribution in [3.63, 3.8) is 0 Å². The van der Waals surface area contributed by atoms with Crippen LogP contribution in [0.15, 0.2) is 24.3 Å². The van der Waals surface area contributed by atoms with Crippen molar-refractivity contribution in [1.29, 1.82) is 0 Å². The van der Waals surface area contributed by atoms with Gasteiger partial charge in [0.05, 0.1) is 12.0 Å². The molecule has 19 heavy (non-hydrogen) atoms. The lowest BCUT2D eigenvalue weighted by Gasteiger charge is -2.19. The van der Waals surface area contributed by atoms with Crippen molar-refractivity contribution in [2.45, 2.75) is 32.3 Å². The van der Waals surface area contributed by atoms with Crippen LogP contribution in [0.2, 0.25) is 0 Å². The minimum atomic E-state index is -0.982. The van der Waals surface area contributed by atoms with Gasteiger partial charge in [0, 0.05) is 18.8 Å². The molecule has 0 radical (unpaired) electrons. The lowest BCUT2D eigenvalue weighted by atomic mass is 10.0. The molecular formula is C14H21ClO4. The van der Waals surface area contributed by atoms with E-state index in [0.717, 1.165) is 5.56 Å². The van der Waals surface area contributed by atoms with Crippen LogP contribution in [0.1, 0.15) is 37.4 Å². The van der Waals surface area contributed by atoms with Gasteiger partial charge in [-0.15, -0.1) is 11.6 Å². The van der Waals surface area contributed by atoms with Gasteiger partial charge in [0.15, 0.2) is 6.29 Å². The zero-order chi connectivity index (χ0) is 14.3. The van der Waals surface area contributed by atoms with E-state index in [1.54, 1.807) is 12.1 Å². The Morgan fingerprint density at radius 2 is 1.47 bits per heavy atom. The summed E-state index contributed by atoms with van der Waals surface area (Å²) in [5, 5.41) is 19.3. The van der Waals surface area contributed by atoms with E-state index >= 15 is 0 Å². The van der Waals surface area contributed by atoms with Gasteiger partial charge in [-0.3, -0.25) is 0 Å². The van der Waals surface area contributed by atoms with Gasteiger partial charge in [-0.1, -0.05) is 24.3 Å². The third-order valence-electron chi connectivity index (χ3n) is 2.71. The van der Waals surface area contributed by atoms with E-state index < -0.39 is 18.5 Å². The van der Waals surface area contributed by atoms with Gasteiger partial charge in [-0.2, -0.15) is 0 Å². The lowest BCUT2D eigenvalue weighted by molar-refractivity contribution is -0.140. The quantitative estimate of drug-likeness (QED) is 0.570. The van der Waals surface area contributed by atoms with Crippen LogP contribution < -0.4 is 0 Å². The summed E-state index contributed by atoms with van der Waals surface area (Å²) in [6.07, 6.45) is -2.36. The lowest BCUT2D eigenvalue weighted by Crippen LogP contribution is -2.19. The molecule has 1 aromatic rings. The van der Waals surface area contributed by atoms with Crippen LogP contribution in [0, 0.1) is 0 Å². The molecule has 0 aliphatic carbocycles. The fourth-order valence-corrected chi connectivity index (χ4v) is 1.87. The van der Waals surface area contributed by atoms with E-state index in [1.807, 2.05) is 26.0 Å². The van der Waals surface area contributed by atoms with Crippen LogP contribution in [-0.4, -0.2) is 35.4 Å². The molecule has 5 heteroatoms. The average molecular weight is 289 g/mol. The number of aliphatic hydroxyl groups excluding tert-OH is 2. The standard InChI is InChI=1S/C14H21ClO4/c1-3-18-14(19-4-2)11-7-5-10(6-8-11)13(17)12(16)9-15/h5-8,12-14,16-17H,3-4,9H2,1-2H3. The first-order valence-electron chi connectivity index (χ1n) is 6.39. The Hall–Kier alpha value is -0.650. The Bertz CT molecular complexity index is 349. The first-order chi connectivity index (χ1) is 9.13. The van der Waals surface area contributed by atoms with Crippen molar-refractivity contribution < 1.29 is 19.7 Å². The van der Waals surface area contributed by atoms with E-state index in [4.69, 9.17) is 21.1 Å². The molecule has 108 valence electrons. The van der Waals surface area contributed by atoms with Gasteiger partial charge in [-0.05, 0) is 19.4 Å². The van der Waals surface area contributed by atoms with Crippen LogP contribution in [0.25, 0.3) is 0 Å². The highest BCUT2D eigenvalue weighted by molar-refractivity contribution is 6.18. The number of benzene rings is 1. The molecule has 0 spiro atoms. The molecule has 0 aromatic heterocycles. The third kappa shape index (κ3) is 4.75. The zero-order valence-electron chi connectivity index (χ0n) is 11.3. The van der Waals surface area contributed by atoms with Crippen LogP contribution in [0.3, 0.4) is 0 Å². The largest absolute Gasteiger partial charge is 0.389 e. The van der Waals surface area contributed by atoms with E-state index in [-0.39, 0.29) is 5.88 Å². The van der Waals surface area contributed by atoms with Gasteiger partial charge in [0.1, 0.15) is 6.10 Å². The molecule has 0 bridgehead atoms. The van der Waals surface area contributed by atoms with E-state index in [1.165, 1.54) is 0 Å². The second kappa shape index (κ2) is 8.51. The Labute approximate surface area is 118 Å². The minimum Gasteiger partial charge on any atom is -0.389 e. The molecule has 0 fully saturated rings. The predicted octanol–water partition coefficient (Wildman–Crippen LogP) is 2.39. The molecule has 0 saturated heterocycles. The summed E-state index contributed by atoms with van der Waals surface area (Å²) in [6.45, 7) is 4.92. The van der Waals surface area contributed by atoms with Gasteiger partial charge in [-0.25, -0.2) is 0 Å². The monoisotopic (exact) mass is 288 g/mol. The van der Waals surface area contributed by atoms with Crippen molar-refractivity contribution in [2.24, 2.45) is 0 Å². The van der Waals surface area contributed by atoms with Gasteiger partial charge < -0.3 is 19.7 Å². The van der Waals surface area contributed by atoms with Crippen molar-refractivity contribution in [3.8, 4) is 0 Å². The number of alkyl halides is 1. The Morgan fingerprint density at radius 3 is 1.89 bits per heavy atom. The fraction of sp³-hybridized carbons (Fsp3) is 0.571. The predicted molar refractivity (Wildman–Crippen MR) is 74.1 cm³/mol. The normalized spacial score (nSPS) is 14.6. The molecule has 4 nitrogen and oxygen atoms in total. The number of aliphatic hydroxyl groups is 2. The van der Waals surface area contributed by atoms with Gasteiger partial charge in [0.2, 0.25) is 0 Å². The molecule has 0 aliphatic rings. The second-order valence-corrected chi connectivity index (χ2v) is 4.38. The molecule has 0 heterocycles. The highest BCUT2D eigenvalue weighted by Crippen LogP contribution is 2.23. The van der Waals surface area contributed by atoms with Crippen molar-refractivity contribution >= 4 is 11.6 Å².